The van der Waals surface area contributed by atoms with Gasteiger partial charge in [-0.05, 0) is 11.6 Å². The first-order valence-corrected chi connectivity index (χ1v) is 3.24. The van der Waals surface area contributed by atoms with Crippen LogP contribution in [0.2, 0.25) is 0 Å². The van der Waals surface area contributed by atoms with E-state index in [4.69, 9.17) is 5.11 Å². The van der Waals surface area contributed by atoms with E-state index in [2.05, 4.69) is 6.58 Å². The number of carbonyl (C=O) groups excluding carboxylic acids is 1. The summed E-state index contributed by atoms with van der Waals surface area (Å²) >= 11 is 0. The van der Waals surface area contributed by atoms with E-state index in [9.17, 15) is 4.79 Å². The summed E-state index contributed by atoms with van der Waals surface area (Å²) in [6.45, 7) is 3.72. The van der Waals surface area contributed by atoms with E-state index in [0.29, 0.717) is 6.42 Å². The second-order valence-corrected chi connectivity index (χ2v) is 2.46. The number of aliphatic hydroxyl groups excluding tert-OH is 1. The van der Waals surface area contributed by atoms with Crippen LogP contribution in [0.25, 0.3) is 0 Å². The third kappa shape index (κ3) is 1.33. The van der Waals surface area contributed by atoms with Crippen LogP contribution in [0.5, 0.6) is 0 Å². The van der Waals surface area contributed by atoms with Gasteiger partial charge in [0.2, 0.25) is 0 Å². The van der Waals surface area contributed by atoms with Crippen molar-refractivity contribution in [2.24, 2.45) is 5.92 Å². The van der Waals surface area contributed by atoms with Crippen LogP contribution in [-0.2, 0) is 4.79 Å². The van der Waals surface area contributed by atoms with E-state index in [1.54, 1.807) is 6.08 Å². The minimum absolute atomic E-state index is 0.0227. The molecule has 10 heavy (non-hydrogen) atoms. The Hall–Kier alpha value is -0.890. The molecule has 1 rings (SSSR count). The Morgan fingerprint density at radius 1 is 1.70 bits per heavy atom. The Morgan fingerprint density at radius 3 is 2.90 bits per heavy atom. The SMILES string of the molecule is C=C1C=CC(=O)C[C@@H]1CO. The standard InChI is InChI=1S/C8H10O2/c1-6-2-3-8(10)4-7(6)5-9/h2-3,7,9H,1,4-5H2/t7-/m1/s1. The highest BCUT2D eigenvalue weighted by molar-refractivity contribution is 5.91. The Balaban J connectivity index is 2.71. The molecule has 2 heteroatoms. The normalized spacial score (nSPS) is 25.5. The maximum atomic E-state index is 10.7. The lowest BCUT2D eigenvalue weighted by atomic mass is 9.90. The summed E-state index contributed by atoms with van der Waals surface area (Å²) < 4.78 is 0. The Labute approximate surface area is 59.9 Å². The van der Waals surface area contributed by atoms with Crippen LogP contribution in [0.3, 0.4) is 0 Å². The molecule has 1 aliphatic rings. The number of allylic oxidation sites excluding steroid dienone is 2. The van der Waals surface area contributed by atoms with Gasteiger partial charge in [0.15, 0.2) is 5.78 Å². The maximum Gasteiger partial charge on any atom is 0.156 e. The first-order valence-electron chi connectivity index (χ1n) is 3.24. The minimum Gasteiger partial charge on any atom is -0.396 e. The Bertz CT molecular complexity index is 191. The van der Waals surface area contributed by atoms with E-state index in [0.717, 1.165) is 5.57 Å². The largest absolute Gasteiger partial charge is 0.396 e. The van der Waals surface area contributed by atoms with Gasteiger partial charge in [0.05, 0.1) is 6.61 Å². The third-order valence-corrected chi connectivity index (χ3v) is 1.68. The van der Waals surface area contributed by atoms with Crippen molar-refractivity contribution in [1.29, 1.82) is 0 Å². The van der Waals surface area contributed by atoms with Crippen molar-refractivity contribution in [2.75, 3.05) is 6.61 Å². The summed E-state index contributed by atoms with van der Waals surface area (Å²) in [5.74, 6) is 0.0314. The molecular formula is C8H10O2. The molecule has 0 radical (unpaired) electrons. The van der Waals surface area contributed by atoms with Crippen LogP contribution in [0.1, 0.15) is 6.42 Å². The van der Waals surface area contributed by atoms with Crippen LogP contribution in [0, 0.1) is 5.92 Å². The van der Waals surface area contributed by atoms with Crippen molar-refractivity contribution < 1.29 is 9.90 Å². The van der Waals surface area contributed by atoms with E-state index in [1.165, 1.54) is 6.08 Å². The highest BCUT2D eigenvalue weighted by atomic mass is 16.3. The molecule has 0 heterocycles. The number of rotatable bonds is 1. The van der Waals surface area contributed by atoms with Gasteiger partial charge >= 0.3 is 0 Å². The lowest BCUT2D eigenvalue weighted by Gasteiger charge is -2.15. The van der Waals surface area contributed by atoms with Crippen LogP contribution in [0.4, 0.5) is 0 Å². The van der Waals surface area contributed by atoms with Gasteiger partial charge in [0.1, 0.15) is 0 Å². The minimum atomic E-state index is -0.0440. The van der Waals surface area contributed by atoms with Crippen molar-refractivity contribution in [1.82, 2.24) is 0 Å². The van der Waals surface area contributed by atoms with Gasteiger partial charge in [-0.1, -0.05) is 12.7 Å². The molecule has 0 spiro atoms. The van der Waals surface area contributed by atoms with Crippen molar-refractivity contribution in [2.45, 2.75) is 6.42 Å². The monoisotopic (exact) mass is 138 g/mol. The van der Waals surface area contributed by atoms with E-state index >= 15 is 0 Å². The molecule has 0 fully saturated rings. The van der Waals surface area contributed by atoms with Crippen LogP contribution >= 0.6 is 0 Å². The number of hydrogen-bond acceptors (Lipinski definition) is 2. The van der Waals surface area contributed by atoms with Crippen molar-refractivity contribution >= 4 is 5.78 Å². The summed E-state index contributed by atoms with van der Waals surface area (Å²) in [6.07, 6.45) is 3.59. The van der Waals surface area contributed by atoms with Crippen molar-refractivity contribution in [3.05, 3.63) is 24.3 Å². The fourth-order valence-electron chi connectivity index (χ4n) is 0.960. The Kier molecular flexibility index (Phi) is 2.02. The van der Waals surface area contributed by atoms with E-state index in [-0.39, 0.29) is 18.3 Å². The molecule has 2 nitrogen and oxygen atoms in total. The highest BCUT2D eigenvalue weighted by Crippen LogP contribution is 2.19. The average Bonchev–Trinajstić information content (AvgIpc) is 1.94. The summed E-state index contributed by atoms with van der Waals surface area (Å²) in [5.41, 5.74) is 0.849. The molecule has 0 amide bonds. The summed E-state index contributed by atoms with van der Waals surface area (Å²) in [6, 6.07) is 0. The number of hydrogen-bond donors (Lipinski definition) is 1. The van der Waals surface area contributed by atoms with Crippen LogP contribution in [0.15, 0.2) is 24.3 Å². The molecule has 54 valence electrons. The predicted octanol–water partition coefficient (Wildman–Crippen LogP) is 0.680. The van der Waals surface area contributed by atoms with E-state index in [1.807, 2.05) is 0 Å². The topological polar surface area (TPSA) is 37.3 Å². The van der Waals surface area contributed by atoms with Crippen LogP contribution in [-0.4, -0.2) is 17.5 Å². The molecular weight excluding hydrogens is 128 g/mol. The zero-order valence-electron chi connectivity index (χ0n) is 5.71. The fourth-order valence-corrected chi connectivity index (χ4v) is 0.960. The lowest BCUT2D eigenvalue weighted by molar-refractivity contribution is -0.115. The number of carbonyl (C=O) groups is 1. The maximum absolute atomic E-state index is 10.7. The van der Waals surface area contributed by atoms with Gasteiger partial charge in [-0.25, -0.2) is 0 Å². The van der Waals surface area contributed by atoms with Gasteiger partial charge in [0.25, 0.3) is 0 Å². The van der Waals surface area contributed by atoms with Crippen molar-refractivity contribution in [3.8, 4) is 0 Å². The zero-order chi connectivity index (χ0) is 7.56. The molecule has 0 saturated heterocycles. The van der Waals surface area contributed by atoms with Gasteiger partial charge in [0, 0.05) is 12.3 Å². The molecule has 0 unspecified atom stereocenters. The Morgan fingerprint density at radius 2 is 2.40 bits per heavy atom. The highest BCUT2D eigenvalue weighted by Gasteiger charge is 2.16. The van der Waals surface area contributed by atoms with Gasteiger partial charge in [-0.3, -0.25) is 4.79 Å². The molecule has 0 aromatic carbocycles. The third-order valence-electron chi connectivity index (χ3n) is 1.68. The fraction of sp³-hybridized carbons (Fsp3) is 0.375. The molecule has 0 aliphatic heterocycles. The summed E-state index contributed by atoms with van der Waals surface area (Å²) in [5, 5.41) is 8.73. The molecule has 0 aromatic rings. The first-order chi connectivity index (χ1) is 4.74. The predicted molar refractivity (Wildman–Crippen MR) is 38.5 cm³/mol. The van der Waals surface area contributed by atoms with Gasteiger partial charge < -0.3 is 5.11 Å². The number of aliphatic hydroxyl groups is 1. The molecule has 0 bridgehead atoms. The second-order valence-electron chi connectivity index (χ2n) is 2.46. The first kappa shape index (κ1) is 7.22. The smallest absolute Gasteiger partial charge is 0.156 e. The van der Waals surface area contributed by atoms with Gasteiger partial charge in [-0.2, -0.15) is 0 Å². The van der Waals surface area contributed by atoms with Crippen LogP contribution < -0.4 is 0 Å². The molecule has 0 aromatic heterocycles. The average molecular weight is 138 g/mol. The number of ketones is 1. The molecule has 1 N–H and O–H groups in total. The summed E-state index contributed by atoms with van der Waals surface area (Å²) in [7, 11) is 0. The van der Waals surface area contributed by atoms with Gasteiger partial charge in [-0.15, -0.1) is 0 Å². The molecule has 0 saturated carbocycles. The second kappa shape index (κ2) is 2.80. The molecule has 1 atom stereocenters. The van der Waals surface area contributed by atoms with E-state index < -0.39 is 0 Å². The quantitative estimate of drug-likeness (QED) is 0.578. The summed E-state index contributed by atoms with van der Waals surface area (Å²) in [4.78, 5) is 10.7. The zero-order valence-corrected chi connectivity index (χ0v) is 5.71. The molecule has 1 aliphatic carbocycles. The lowest BCUT2D eigenvalue weighted by Crippen LogP contribution is -2.15. The van der Waals surface area contributed by atoms with Crippen molar-refractivity contribution in [3.63, 3.8) is 0 Å².